The number of esters is 1. The molecule has 94 valence electrons. The van der Waals surface area contributed by atoms with E-state index in [4.69, 9.17) is 0 Å². The standard InChI is InChI=1S/C11H8F2N2O3/c1-2-17-11(16)10-14-9(15-18-10)7-4-3-6(12)5-8(7)13/h3-5H,2H2,1H3. The molecule has 0 aliphatic carbocycles. The predicted molar refractivity (Wildman–Crippen MR) is 55.6 cm³/mol. The van der Waals surface area contributed by atoms with Crippen LogP contribution in [0.15, 0.2) is 22.7 Å². The Kier molecular flexibility index (Phi) is 3.31. The summed E-state index contributed by atoms with van der Waals surface area (Å²) in [6.07, 6.45) is 0. The quantitative estimate of drug-likeness (QED) is 0.785. The molecular formula is C11H8F2N2O3. The Morgan fingerprint density at radius 2 is 2.22 bits per heavy atom. The number of nitrogens with zero attached hydrogens (tertiary/aromatic N) is 2. The molecule has 5 nitrogen and oxygen atoms in total. The highest BCUT2D eigenvalue weighted by Crippen LogP contribution is 2.20. The van der Waals surface area contributed by atoms with Gasteiger partial charge in [-0.2, -0.15) is 4.98 Å². The number of hydrogen-bond donors (Lipinski definition) is 0. The summed E-state index contributed by atoms with van der Waals surface area (Å²) in [5.41, 5.74) is -0.0595. The van der Waals surface area contributed by atoms with Crippen LogP contribution in [0.4, 0.5) is 8.78 Å². The van der Waals surface area contributed by atoms with Gasteiger partial charge >= 0.3 is 11.9 Å². The molecule has 0 aliphatic heterocycles. The van der Waals surface area contributed by atoms with Crippen molar-refractivity contribution in [2.75, 3.05) is 6.61 Å². The molecule has 0 radical (unpaired) electrons. The van der Waals surface area contributed by atoms with Gasteiger partial charge in [0, 0.05) is 6.07 Å². The van der Waals surface area contributed by atoms with Gasteiger partial charge in [-0.05, 0) is 19.1 Å². The molecule has 0 unspecified atom stereocenters. The summed E-state index contributed by atoms with van der Waals surface area (Å²) in [4.78, 5) is 14.9. The third-order valence-electron chi connectivity index (χ3n) is 2.05. The first kappa shape index (κ1) is 12.2. The minimum Gasteiger partial charge on any atom is -0.459 e. The Morgan fingerprint density at radius 3 is 2.89 bits per heavy atom. The van der Waals surface area contributed by atoms with Gasteiger partial charge in [-0.15, -0.1) is 0 Å². The van der Waals surface area contributed by atoms with E-state index in [2.05, 4.69) is 19.4 Å². The number of aromatic nitrogens is 2. The molecule has 2 rings (SSSR count). The van der Waals surface area contributed by atoms with Gasteiger partial charge in [0.15, 0.2) is 0 Å². The van der Waals surface area contributed by atoms with Crippen LogP contribution in [-0.2, 0) is 4.74 Å². The van der Waals surface area contributed by atoms with Gasteiger partial charge < -0.3 is 9.26 Å². The van der Waals surface area contributed by atoms with Gasteiger partial charge in [-0.1, -0.05) is 5.16 Å². The van der Waals surface area contributed by atoms with Gasteiger partial charge in [0.1, 0.15) is 11.6 Å². The maximum absolute atomic E-state index is 13.4. The average Bonchev–Trinajstić information content (AvgIpc) is 2.78. The molecule has 0 spiro atoms. The highest BCUT2D eigenvalue weighted by molar-refractivity contribution is 5.84. The van der Waals surface area contributed by atoms with Crippen molar-refractivity contribution in [3.8, 4) is 11.4 Å². The molecule has 1 aromatic carbocycles. The van der Waals surface area contributed by atoms with Crippen LogP contribution in [0.2, 0.25) is 0 Å². The number of benzene rings is 1. The van der Waals surface area contributed by atoms with Crippen molar-refractivity contribution in [1.82, 2.24) is 10.1 Å². The van der Waals surface area contributed by atoms with Crippen LogP contribution >= 0.6 is 0 Å². The number of ether oxygens (including phenoxy) is 1. The Hall–Kier alpha value is -2.31. The maximum Gasteiger partial charge on any atom is 0.397 e. The summed E-state index contributed by atoms with van der Waals surface area (Å²) < 4.78 is 35.4. The lowest BCUT2D eigenvalue weighted by Gasteiger charge is -1.96. The Labute approximate surface area is 100 Å². The smallest absolute Gasteiger partial charge is 0.397 e. The Morgan fingerprint density at radius 1 is 1.44 bits per heavy atom. The molecule has 1 aromatic heterocycles. The van der Waals surface area contributed by atoms with E-state index in [1.165, 1.54) is 0 Å². The molecule has 0 aliphatic rings. The van der Waals surface area contributed by atoms with Crippen LogP contribution in [0.1, 0.15) is 17.6 Å². The lowest BCUT2D eigenvalue weighted by atomic mass is 10.2. The van der Waals surface area contributed by atoms with Crippen LogP contribution in [0.25, 0.3) is 11.4 Å². The second kappa shape index (κ2) is 4.91. The molecule has 18 heavy (non-hydrogen) atoms. The molecule has 0 fully saturated rings. The van der Waals surface area contributed by atoms with Crippen molar-refractivity contribution in [2.24, 2.45) is 0 Å². The fourth-order valence-corrected chi connectivity index (χ4v) is 1.28. The van der Waals surface area contributed by atoms with Crippen LogP contribution in [0.5, 0.6) is 0 Å². The molecule has 0 atom stereocenters. The number of carbonyl (C=O) groups excluding carboxylic acids is 1. The summed E-state index contributed by atoms with van der Waals surface area (Å²) in [6.45, 7) is 1.77. The van der Waals surface area contributed by atoms with Gasteiger partial charge in [0.25, 0.3) is 0 Å². The zero-order chi connectivity index (χ0) is 13.1. The van der Waals surface area contributed by atoms with E-state index >= 15 is 0 Å². The van der Waals surface area contributed by atoms with Crippen molar-refractivity contribution in [2.45, 2.75) is 6.92 Å². The third-order valence-corrected chi connectivity index (χ3v) is 2.05. The fraction of sp³-hybridized carbons (Fsp3) is 0.182. The largest absolute Gasteiger partial charge is 0.459 e. The first-order valence-corrected chi connectivity index (χ1v) is 5.08. The highest BCUT2D eigenvalue weighted by Gasteiger charge is 2.19. The van der Waals surface area contributed by atoms with Crippen LogP contribution in [-0.4, -0.2) is 22.7 Å². The van der Waals surface area contributed by atoms with E-state index in [9.17, 15) is 13.6 Å². The zero-order valence-corrected chi connectivity index (χ0v) is 9.31. The maximum atomic E-state index is 13.4. The second-order valence-electron chi connectivity index (χ2n) is 3.27. The molecule has 0 saturated carbocycles. The number of hydrogen-bond acceptors (Lipinski definition) is 5. The van der Waals surface area contributed by atoms with E-state index in [0.717, 1.165) is 12.1 Å². The Bertz CT molecular complexity index is 583. The summed E-state index contributed by atoms with van der Waals surface area (Å²) in [6, 6.07) is 2.90. The molecule has 7 heteroatoms. The summed E-state index contributed by atoms with van der Waals surface area (Å²) >= 11 is 0. The van der Waals surface area contributed by atoms with Gasteiger partial charge in [-0.25, -0.2) is 13.6 Å². The number of carbonyl (C=O) groups is 1. The van der Waals surface area contributed by atoms with Crippen molar-refractivity contribution >= 4 is 5.97 Å². The first-order valence-electron chi connectivity index (χ1n) is 5.08. The van der Waals surface area contributed by atoms with E-state index in [0.29, 0.717) is 6.07 Å². The fourth-order valence-electron chi connectivity index (χ4n) is 1.28. The molecule has 0 N–H and O–H groups in total. The summed E-state index contributed by atoms with van der Waals surface area (Å²) in [5.74, 6) is -2.87. The van der Waals surface area contributed by atoms with E-state index in [1.807, 2.05) is 0 Å². The zero-order valence-electron chi connectivity index (χ0n) is 9.31. The summed E-state index contributed by atoms with van der Waals surface area (Å²) in [5, 5.41) is 3.43. The van der Waals surface area contributed by atoms with Crippen LogP contribution in [0, 0.1) is 11.6 Å². The van der Waals surface area contributed by atoms with E-state index < -0.39 is 17.6 Å². The molecule has 0 amide bonds. The third kappa shape index (κ3) is 2.34. The lowest BCUT2D eigenvalue weighted by molar-refractivity contribution is 0.0470. The van der Waals surface area contributed by atoms with Gasteiger partial charge in [0.05, 0.1) is 12.2 Å². The number of halogens is 2. The van der Waals surface area contributed by atoms with E-state index in [-0.39, 0.29) is 23.9 Å². The predicted octanol–water partition coefficient (Wildman–Crippen LogP) is 2.19. The molecular weight excluding hydrogens is 246 g/mol. The molecule has 0 saturated heterocycles. The highest BCUT2D eigenvalue weighted by atomic mass is 19.1. The lowest BCUT2D eigenvalue weighted by Crippen LogP contribution is -2.04. The molecule has 1 heterocycles. The van der Waals surface area contributed by atoms with Crippen molar-refractivity contribution < 1.29 is 22.8 Å². The van der Waals surface area contributed by atoms with Crippen LogP contribution in [0.3, 0.4) is 0 Å². The van der Waals surface area contributed by atoms with Crippen LogP contribution < -0.4 is 0 Å². The topological polar surface area (TPSA) is 65.2 Å². The average molecular weight is 254 g/mol. The molecule has 2 aromatic rings. The minimum atomic E-state index is -0.841. The molecule has 0 bridgehead atoms. The number of rotatable bonds is 3. The van der Waals surface area contributed by atoms with Crippen molar-refractivity contribution in [3.63, 3.8) is 0 Å². The monoisotopic (exact) mass is 254 g/mol. The normalized spacial score (nSPS) is 10.4. The first-order chi connectivity index (χ1) is 8.61. The van der Waals surface area contributed by atoms with Gasteiger partial charge in [0.2, 0.25) is 5.82 Å². The second-order valence-corrected chi connectivity index (χ2v) is 3.27. The summed E-state index contributed by atoms with van der Waals surface area (Å²) in [7, 11) is 0. The SMILES string of the molecule is CCOC(=O)c1nc(-c2ccc(F)cc2F)no1. The van der Waals surface area contributed by atoms with Crippen molar-refractivity contribution in [3.05, 3.63) is 35.7 Å². The van der Waals surface area contributed by atoms with Gasteiger partial charge in [-0.3, -0.25) is 0 Å². The van der Waals surface area contributed by atoms with E-state index in [1.54, 1.807) is 6.92 Å². The van der Waals surface area contributed by atoms with Crippen molar-refractivity contribution in [1.29, 1.82) is 0 Å². The Balaban J connectivity index is 2.32. The minimum absolute atomic E-state index is 0.0595.